The Morgan fingerprint density at radius 1 is 1.17 bits per heavy atom. The zero-order chi connectivity index (χ0) is 13.1. The van der Waals surface area contributed by atoms with Gasteiger partial charge in [0.15, 0.2) is 0 Å². The van der Waals surface area contributed by atoms with E-state index in [1.165, 1.54) is 5.69 Å². The van der Waals surface area contributed by atoms with Crippen LogP contribution in [0.25, 0.3) is 0 Å². The van der Waals surface area contributed by atoms with Crippen molar-refractivity contribution in [3.8, 4) is 0 Å². The first kappa shape index (κ1) is 12.7. The van der Waals surface area contributed by atoms with Crippen LogP contribution in [0.3, 0.4) is 0 Å². The second kappa shape index (κ2) is 5.25. The zero-order valence-electron chi connectivity index (χ0n) is 11.5. The number of aromatic nitrogens is 4. The third-order valence-electron chi connectivity index (χ3n) is 2.85. The Hall–Kier alpha value is -1.78. The number of rotatable bonds is 5. The van der Waals surface area contributed by atoms with Crippen LogP contribution in [0.2, 0.25) is 0 Å². The Bertz CT molecular complexity index is 495. The van der Waals surface area contributed by atoms with Gasteiger partial charge >= 0.3 is 0 Å². The van der Waals surface area contributed by atoms with Gasteiger partial charge in [-0.15, -0.1) is 0 Å². The van der Waals surface area contributed by atoms with Gasteiger partial charge in [-0.2, -0.15) is 10.2 Å². The molecule has 0 fully saturated rings. The molecule has 0 saturated heterocycles. The average molecular weight is 247 g/mol. The van der Waals surface area contributed by atoms with Crippen LogP contribution in [0.5, 0.6) is 0 Å². The summed E-state index contributed by atoms with van der Waals surface area (Å²) in [6, 6.07) is 2.82. The highest BCUT2D eigenvalue weighted by molar-refractivity contribution is 5.38. The summed E-state index contributed by atoms with van der Waals surface area (Å²) in [5.41, 5.74) is 2.22. The summed E-state index contributed by atoms with van der Waals surface area (Å²) in [6.07, 6.45) is 5.73. The highest BCUT2D eigenvalue weighted by atomic mass is 15.3. The largest absolute Gasteiger partial charge is 0.377 e. The minimum absolute atomic E-state index is 0.384. The second-order valence-electron chi connectivity index (χ2n) is 5.02. The molecule has 0 unspecified atom stereocenters. The van der Waals surface area contributed by atoms with Gasteiger partial charge in [0.25, 0.3) is 0 Å². The van der Waals surface area contributed by atoms with E-state index in [1.54, 1.807) is 0 Å². The van der Waals surface area contributed by atoms with E-state index in [0.717, 1.165) is 12.2 Å². The maximum atomic E-state index is 4.32. The predicted octanol–water partition coefficient (Wildman–Crippen LogP) is 2.85. The molecule has 2 aromatic rings. The van der Waals surface area contributed by atoms with E-state index < -0.39 is 0 Å². The quantitative estimate of drug-likeness (QED) is 0.883. The molecule has 0 saturated carbocycles. The van der Waals surface area contributed by atoms with Gasteiger partial charge in [0.05, 0.1) is 24.1 Å². The lowest BCUT2D eigenvalue weighted by atomic mass is 10.3. The normalized spacial score (nSPS) is 11.4. The maximum Gasteiger partial charge on any atom is 0.0729 e. The summed E-state index contributed by atoms with van der Waals surface area (Å²) in [5.74, 6) is 0. The monoisotopic (exact) mass is 247 g/mol. The van der Waals surface area contributed by atoms with Crippen molar-refractivity contribution in [1.82, 2.24) is 19.6 Å². The minimum atomic E-state index is 0.384. The first-order chi connectivity index (χ1) is 8.58. The standard InChI is InChI=1S/C13H21N5/c1-10(2)17-9-12(7-16-17)14-8-13-5-6-15-18(13)11(3)4/h5-7,9-11,14H,8H2,1-4H3. The number of hydrogen-bond donors (Lipinski definition) is 1. The minimum Gasteiger partial charge on any atom is -0.377 e. The van der Waals surface area contributed by atoms with E-state index in [9.17, 15) is 0 Å². The Labute approximate surface area is 108 Å². The second-order valence-corrected chi connectivity index (χ2v) is 5.02. The fraction of sp³-hybridized carbons (Fsp3) is 0.538. The van der Waals surface area contributed by atoms with Crippen LogP contribution in [0.15, 0.2) is 24.7 Å². The number of anilines is 1. The molecule has 2 aromatic heterocycles. The van der Waals surface area contributed by atoms with Crippen LogP contribution in [-0.2, 0) is 6.54 Å². The van der Waals surface area contributed by atoms with Crippen molar-refractivity contribution in [2.75, 3.05) is 5.32 Å². The molecule has 2 heterocycles. The summed E-state index contributed by atoms with van der Waals surface area (Å²) in [4.78, 5) is 0. The average Bonchev–Trinajstić information content (AvgIpc) is 2.95. The molecule has 5 nitrogen and oxygen atoms in total. The summed E-state index contributed by atoms with van der Waals surface area (Å²) in [7, 11) is 0. The Morgan fingerprint density at radius 2 is 1.94 bits per heavy atom. The van der Waals surface area contributed by atoms with Crippen molar-refractivity contribution >= 4 is 5.69 Å². The molecule has 98 valence electrons. The number of hydrogen-bond acceptors (Lipinski definition) is 3. The van der Waals surface area contributed by atoms with Crippen molar-refractivity contribution in [2.24, 2.45) is 0 Å². The predicted molar refractivity (Wildman–Crippen MR) is 72.6 cm³/mol. The van der Waals surface area contributed by atoms with Crippen LogP contribution in [0.1, 0.15) is 45.5 Å². The van der Waals surface area contributed by atoms with Crippen molar-refractivity contribution in [3.05, 3.63) is 30.4 Å². The number of nitrogens with one attached hydrogen (secondary N) is 1. The molecule has 5 heteroatoms. The van der Waals surface area contributed by atoms with Crippen LogP contribution >= 0.6 is 0 Å². The SMILES string of the molecule is CC(C)n1cc(NCc2ccnn2C(C)C)cn1. The molecule has 0 aliphatic heterocycles. The molecule has 0 bridgehead atoms. The smallest absolute Gasteiger partial charge is 0.0729 e. The van der Waals surface area contributed by atoms with E-state index in [1.807, 2.05) is 34.0 Å². The summed E-state index contributed by atoms with van der Waals surface area (Å²) >= 11 is 0. The van der Waals surface area contributed by atoms with Crippen molar-refractivity contribution in [3.63, 3.8) is 0 Å². The van der Waals surface area contributed by atoms with E-state index >= 15 is 0 Å². The first-order valence-electron chi connectivity index (χ1n) is 6.38. The van der Waals surface area contributed by atoms with Gasteiger partial charge in [-0.05, 0) is 33.8 Å². The molecule has 0 atom stereocenters. The van der Waals surface area contributed by atoms with Gasteiger partial charge in [-0.25, -0.2) is 0 Å². The maximum absolute atomic E-state index is 4.32. The molecular formula is C13H21N5. The Morgan fingerprint density at radius 3 is 2.56 bits per heavy atom. The summed E-state index contributed by atoms with van der Waals surface area (Å²) < 4.78 is 3.97. The third kappa shape index (κ3) is 2.72. The van der Waals surface area contributed by atoms with Crippen LogP contribution < -0.4 is 5.32 Å². The van der Waals surface area contributed by atoms with E-state index in [2.05, 4.69) is 43.2 Å². The van der Waals surface area contributed by atoms with Crippen molar-refractivity contribution < 1.29 is 0 Å². The molecule has 0 aliphatic carbocycles. The van der Waals surface area contributed by atoms with Gasteiger partial charge < -0.3 is 5.32 Å². The van der Waals surface area contributed by atoms with E-state index in [-0.39, 0.29) is 0 Å². The molecule has 1 N–H and O–H groups in total. The van der Waals surface area contributed by atoms with Crippen molar-refractivity contribution in [2.45, 2.75) is 46.3 Å². The lowest BCUT2D eigenvalue weighted by Gasteiger charge is -2.11. The van der Waals surface area contributed by atoms with Crippen molar-refractivity contribution in [1.29, 1.82) is 0 Å². The third-order valence-corrected chi connectivity index (χ3v) is 2.85. The highest BCUT2D eigenvalue weighted by Crippen LogP contribution is 2.13. The lowest BCUT2D eigenvalue weighted by molar-refractivity contribution is 0.512. The van der Waals surface area contributed by atoms with Gasteiger partial charge in [0.2, 0.25) is 0 Å². The Balaban J connectivity index is 2.00. The molecule has 0 aromatic carbocycles. The molecule has 2 rings (SSSR count). The van der Waals surface area contributed by atoms with Crippen LogP contribution in [0, 0.1) is 0 Å². The molecule has 0 spiro atoms. The van der Waals surface area contributed by atoms with E-state index in [4.69, 9.17) is 0 Å². The zero-order valence-corrected chi connectivity index (χ0v) is 11.5. The molecular weight excluding hydrogens is 226 g/mol. The number of nitrogens with zero attached hydrogens (tertiary/aromatic N) is 4. The highest BCUT2D eigenvalue weighted by Gasteiger charge is 2.06. The fourth-order valence-corrected chi connectivity index (χ4v) is 1.85. The lowest BCUT2D eigenvalue weighted by Crippen LogP contribution is -2.10. The summed E-state index contributed by atoms with van der Waals surface area (Å²) in [5, 5.41) is 12.0. The molecule has 0 amide bonds. The Kier molecular flexibility index (Phi) is 3.69. The first-order valence-corrected chi connectivity index (χ1v) is 6.38. The fourth-order valence-electron chi connectivity index (χ4n) is 1.85. The van der Waals surface area contributed by atoms with Crippen LogP contribution in [0.4, 0.5) is 5.69 Å². The molecule has 0 aliphatic rings. The van der Waals surface area contributed by atoms with Gasteiger partial charge in [0, 0.05) is 24.5 Å². The van der Waals surface area contributed by atoms with Gasteiger partial charge in [-0.1, -0.05) is 0 Å². The molecule has 18 heavy (non-hydrogen) atoms. The van der Waals surface area contributed by atoms with Gasteiger partial charge in [0.1, 0.15) is 0 Å². The van der Waals surface area contributed by atoms with E-state index in [0.29, 0.717) is 12.1 Å². The van der Waals surface area contributed by atoms with Gasteiger partial charge in [-0.3, -0.25) is 9.36 Å². The van der Waals surface area contributed by atoms with Crippen LogP contribution in [-0.4, -0.2) is 19.6 Å². The topological polar surface area (TPSA) is 47.7 Å². The molecule has 0 radical (unpaired) electrons. The summed E-state index contributed by atoms with van der Waals surface area (Å²) in [6.45, 7) is 9.26.